The van der Waals surface area contributed by atoms with Gasteiger partial charge in [-0.3, -0.25) is 0 Å². The predicted octanol–water partition coefficient (Wildman–Crippen LogP) is 0.154. The molecule has 4 unspecified atom stereocenters. The molecular weight excluding hydrogens is 580 g/mol. The standard InChI is InChI=1S/C30H62N2O2.2BrH/c1-31(23-17-19-29(25-31)27-33)21-15-13-11-9-7-5-3-4-6-8-10-12-14-16-22-32(2)24-18-20-30(26-32)28-34;;/h29-30,33-34H,3-28H2,1-2H3;2*1H/q+2;;/p-2. The molecule has 0 amide bonds. The van der Waals surface area contributed by atoms with Crippen LogP contribution in [-0.2, 0) is 0 Å². The Kier molecular flexibility index (Phi) is 22.1. The van der Waals surface area contributed by atoms with E-state index in [2.05, 4.69) is 14.1 Å². The van der Waals surface area contributed by atoms with Crippen LogP contribution in [0.15, 0.2) is 0 Å². The van der Waals surface area contributed by atoms with Crippen LogP contribution in [0.2, 0.25) is 0 Å². The summed E-state index contributed by atoms with van der Waals surface area (Å²) < 4.78 is 2.41. The van der Waals surface area contributed by atoms with Crippen LogP contribution >= 0.6 is 0 Å². The second kappa shape index (κ2) is 21.6. The number of piperidine rings is 2. The summed E-state index contributed by atoms with van der Waals surface area (Å²) in [5.41, 5.74) is 0. The molecule has 0 aromatic heterocycles. The minimum atomic E-state index is 0. The molecule has 0 radical (unpaired) electrons. The number of hydrogen-bond acceptors (Lipinski definition) is 2. The highest BCUT2D eigenvalue weighted by Crippen LogP contribution is 2.24. The third kappa shape index (κ3) is 16.0. The van der Waals surface area contributed by atoms with Gasteiger partial charge in [0.1, 0.15) is 0 Å². The Hall–Kier alpha value is 0.800. The maximum absolute atomic E-state index is 9.47. The van der Waals surface area contributed by atoms with Crippen molar-refractivity contribution in [3.8, 4) is 0 Å². The van der Waals surface area contributed by atoms with E-state index in [0.717, 1.165) is 0 Å². The molecule has 36 heavy (non-hydrogen) atoms. The van der Waals surface area contributed by atoms with Crippen LogP contribution in [0.4, 0.5) is 0 Å². The van der Waals surface area contributed by atoms with Crippen molar-refractivity contribution in [1.82, 2.24) is 0 Å². The number of quaternary nitrogens is 2. The van der Waals surface area contributed by atoms with Crippen molar-refractivity contribution in [3.63, 3.8) is 0 Å². The number of unbranched alkanes of at least 4 members (excludes halogenated alkanes) is 13. The zero-order valence-electron chi connectivity index (χ0n) is 24.1. The Labute approximate surface area is 246 Å². The van der Waals surface area contributed by atoms with Gasteiger partial charge in [-0.1, -0.05) is 64.2 Å². The maximum atomic E-state index is 9.47. The molecule has 0 bridgehead atoms. The molecule has 2 aliphatic heterocycles. The second-order valence-corrected chi connectivity index (χ2v) is 12.8. The summed E-state index contributed by atoms with van der Waals surface area (Å²) in [6.07, 6.45) is 24.9. The third-order valence-electron chi connectivity index (χ3n) is 9.18. The molecule has 0 aliphatic carbocycles. The van der Waals surface area contributed by atoms with E-state index in [-0.39, 0.29) is 34.0 Å². The lowest BCUT2D eigenvalue weighted by molar-refractivity contribution is -0.917. The zero-order valence-corrected chi connectivity index (χ0v) is 27.3. The topological polar surface area (TPSA) is 40.5 Å². The van der Waals surface area contributed by atoms with E-state index in [1.165, 1.54) is 164 Å². The van der Waals surface area contributed by atoms with Gasteiger partial charge in [0.15, 0.2) is 0 Å². The molecule has 0 saturated carbocycles. The van der Waals surface area contributed by atoms with E-state index in [1.807, 2.05) is 0 Å². The normalized spacial score (nSPS) is 28.3. The van der Waals surface area contributed by atoms with Gasteiger partial charge in [-0.05, 0) is 51.4 Å². The molecule has 0 spiro atoms. The van der Waals surface area contributed by atoms with E-state index in [1.54, 1.807) is 0 Å². The van der Waals surface area contributed by atoms with E-state index in [0.29, 0.717) is 25.0 Å². The highest BCUT2D eigenvalue weighted by atomic mass is 79.9. The molecule has 6 heteroatoms. The summed E-state index contributed by atoms with van der Waals surface area (Å²) in [6.45, 7) is 8.45. The SMILES string of the molecule is C[N+]1(CCCCCCCCCCCCCCCC[N+]2(C)CCCC(CO)C2)CCCC(CO)C1.[Br-].[Br-]. The van der Waals surface area contributed by atoms with Crippen LogP contribution in [0.3, 0.4) is 0 Å². The first-order chi connectivity index (χ1) is 16.5. The summed E-state index contributed by atoms with van der Waals surface area (Å²) in [5, 5.41) is 18.9. The zero-order chi connectivity index (χ0) is 24.5. The van der Waals surface area contributed by atoms with Gasteiger partial charge >= 0.3 is 0 Å². The number of rotatable bonds is 19. The van der Waals surface area contributed by atoms with Crippen molar-refractivity contribution in [2.24, 2.45) is 11.8 Å². The molecule has 4 atom stereocenters. The lowest BCUT2D eigenvalue weighted by Crippen LogP contribution is -3.00. The minimum Gasteiger partial charge on any atom is -1.00 e. The quantitative estimate of drug-likeness (QED) is 0.156. The fourth-order valence-electron chi connectivity index (χ4n) is 6.95. The van der Waals surface area contributed by atoms with Crippen LogP contribution in [0.25, 0.3) is 0 Å². The fourth-order valence-corrected chi connectivity index (χ4v) is 6.95. The van der Waals surface area contributed by atoms with Crippen LogP contribution in [0.5, 0.6) is 0 Å². The summed E-state index contributed by atoms with van der Waals surface area (Å²) in [5.74, 6) is 1.10. The van der Waals surface area contributed by atoms with Crippen LogP contribution < -0.4 is 34.0 Å². The monoisotopic (exact) mass is 640 g/mol. The highest BCUT2D eigenvalue weighted by molar-refractivity contribution is 4.64. The lowest BCUT2D eigenvalue weighted by atomic mass is 9.96. The molecule has 2 rings (SSSR count). The van der Waals surface area contributed by atoms with Gasteiger partial charge in [0.05, 0.1) is 66.6 Å². The number of hydrogen-bond donors (Lipinski definition) is 2. The first kappa shape index (κ1) is 36.8. The van der Waals surface area contributed by atoms with E-state index < -0.39 is 0 Å². The maximum Gasteiger partial charge on any atom is 0.0835 e. The molecule has 2 aliphatic rings. The van der Waals surface area contributed by atoms with Gasteiger partial charge in [0.2, 0.25) is 0 Å². The van der Waals surface area contributed by atoms with Crippen LogP contribution in [0.1, 0.15) is 116 Å². The van der Waals surface area contributed by atoms with Gasteiger partial charge < -0.3 is 53.1 Å². The van der Waals surface area contributed by atoms with E-state index in [4.69, 9.17) is 0 Å². The molecule has 218 valence electrons. The number of nitrogens with zero attached hydrogens (tertiary/aromatic N) is 2. The molecule has 2 saturated heterocycles. The van der Waals surface area contributed by atoms with E-state index in [9.17, 15) is 10.2 Å². The Morgan fingerprint density at radius 1 is 0.500 bits per heavy atom. The van der Waals surface area contributed by atoms with E-state index >= 15 is 0 Å². The fraction of sp³-hybridized carbons (Fsp3) is 1.00. The van der Waals surface area contributed by atoms with Crippen molar-refractivity contribution < 1.29 is 53.1 Å². The molecular formula is C30H62Br2N2O2. The van der Waals surface area contributed by atoms with Crippen molar-refractivity contribution in [3.05, 3.63) is 0 Å². The molecule has 0 aromatic carbocycles. The van der Waals surface area contributed by atoms with Gasteiger partial charge in [0, 0.05) is 11.8 Å². The Balaban J connectivity index is 0.00000612. The smallest absolute Gasteiger partial charge is 0.0835 e. The number of aliphatic hydroxyl groups is 2. The average molecular weight is 643 g/mol. The number of aliphatic hydroxyl groups excluding tert-OH is 2. The molecule has 0 aromatic rings. The largest absolute Gasteiger partial charge is 1.00 e. The van der Waals surface area contributed by atoms with Crippen LogP contribution in [0, 0.1) is 11.8 Å². The van der Waals surface area contributed by atoms with Crippen molar-refractivity contribution in [2.45, 2.75) is 116 Å². The van der Waals surface area contributed by atoms with Crippen molar-refractivity contribution in [2.75, 3.05) is 66.6 Å². The Morgan fingerprint density at radius 3 is 1.06 bits per heavy atom. The number of halogens is 2. The Morgan fingerprint density at radius 2 is 0.778 bits per heavy atom. The van der Waals surface area contributed by atoms with Gasteiger partial charge in [-0.2, -0.15) is 0 Å². The Bertz CT molecular complexity index is 469. The first-order valence-corrected chi connectivity index (χ1v) is 15.4. The van der Waals surface area contributed by atoms with Gasteiger partial charge in [-0.15, -0.1) is 0 Å². The van der Waals surface area contributed by atoms with Crippen LogP contribution in [-0.4, -0.2) is 85.8 Å². The van der Waals surface area contributed by atoms with Crippen molar-refractivity contribution in [1.29, 1.82) is 0 Å². The van der Waals surface area contributed by atoms with Gasteiger partial charge in [0.25, 0.3) is 0 Å². The molecule has 2 N–H and O–H groups in total. The van der Waals surface area contributed by atoms with Gasteiger partial charge in [-0.25, -0.2) is 0 Å². The second-order valence-electron chi connectivity index (χ2n) is 12.8. The number of likely N-dealkylation sites (tertiary alicyclic amines) is 2. The molecule has 4 nitrogen and oxygen atoms in total. The lowest BCUT2D eigenvalue weighted by Gasteiger charge is -2.41. The summed E-state index contributed by atoms with van der Waals surface area (Å²) >= 11 is 0. The molecule has 2 fully saturated rings. The third-order valence-corrected chi connectivity index (χ3v) is 9.18. The summed E-state index contributed by atoms with van der Waals surface area (Å²) in [6, 6.07) is 0. The minimum absolute atomic E-state index is 0. The summed E-state index contributed by atoms with van der Waals surface area (Å²) in [7, 11) is 4.82. The molecule has 2 heterocycles. The predicted molar refractivity (Wildman–Crippen MR) is 146 cm³/mol. The van der Waals surface area contributed by atoms with Crippen molar-refractivity contribution >= 4 is 0 Å². The first-order valence-electron chi connectivity index (χ1n) is 15.4. The summed E-state index contributed by atoms with van der Waals surface area (Å²) in [4.78, 5) is 0. The highest BCUT2D eigenvalue weighted by Gasteiger charge is 2.31. The average Bonchev–Trinajstić information content (AvgIpc) is 2.83.